The molecule has 0 unspecified atom stereocenters. The van der Waals surface area contributed by atoms with E-state index in [0.717, 1.165) is 12.1 Å². The van der Waals surface area contributed by atoms with Gasteiger partial charge in [-0.05, 0) is 101 Å². The van der Waals surface area contributed by atoms with Gasteiger partial charge in [0.1, 0.15) is 0 Å². The monoisotopic (exact) mass is 786 g/mol. The molecule has 14 heteroatoms. The largest absolute Gasteiger partial charge is 0.494 e. The van der Waals surface area contributed by atoms with Gasteiger partial charge in [-0.15, -0.1) is 0 Å². The third-order valence-electron chi connectivity index (χ3n) is 12.8. The Labute approximate surface area is 322 Å². The third kappa shape index (κ3) is 6.98. The van der Waals surface area contributed by atoms with Crippen LogP contribution in [0.5, 0.6) is 0 Å². The molecule has 0 radical (unpaired) electrons. The maximum atomic E-state index is 17.7. The van der Waals surface area contributed by atoms with Gasteiger partial charge in [-0.2, -0.15) is 35.1 Å². The number of alkyl halides is 8. The Hall–Kier alpha value is -2.15. The molecular weight excluding hydrogens is 730 g/mol. The molecule has 3 aliphatic rings. The van der Waals surface area contributed by atoms with Crippen LogP contribution in [-0.4, -0.2) is 60.3 Å². The van der Waals surface area contributed by atoms with Gasteiger partial charge in [0.15, 0.2) is 5.41 Å². The fraction of sp³-hybridized carbons (Fsp3) is 0.707. The van der Waals surface area contributed by atoms with Crippen LogP contribution in [0.1, 0.15) is 145 Å². The highest BCUT2D eigenvalue weighted by atomic mass is 19.3. The second-order valence-electron chi connectivity index (χ2n) is 17.7. The van der Waals surface area contributed by atoms with Gasteiger partial charge >= 0.3 is 37.9 Å². The molecule has 2 aliphatic heterocycles. The van der Waals surface area contributed by atoms with Crippen molar-refractivity contribution in [2.45, 2.75) is 185 Å². The minimum atomic E-state index is -5.76. The molecular formula is C41H56B2F8O4. The van der Waals surface area contributed by atoms with Crippen LogP contribution in [0, 0.1) is 0 Å². The molecule has 1 aliphatic carbocycles. The van der Waals surface area contributed by atoms with Gasteiger partial charge in [0.05, 0.1) is 22.4 Å². The van der Waals surface area contributed by atoms with Crippen molar-refractivity contribution in [3.8, 4) is 11.1 Å². The molecule has 2 fully saturated rings. The molecule has 5 rings (SSSR count). The first-order valence-corrected chi connectivity index (χ1v) is 19.7. The van der Waals surface area contributed by atoms with E-state index in [4.69, 9.17) is 18.6 Å². The zero-order valence-corrected chi connectivity index (χ0v) is 33.8. The van der Waals surface area contributed by atoms with Crippen LogP contribution in [0.15, 0.2) is 36.4 Å². The topological polar surface area (TPSA) is 36.9 Å². The summed E-state index contributed by atoms with van der Waals surface area (Å²) in [7, 11) is -2.60. The van der Waals surface area contributed by atoms with Gasteiger partial charge in [-0.25, -0.2) is 0 Å². The van der Waals surface area contributed by atoms with E-state index >= 15 is 35.1 Å². The maximum Gasteiger partial charge on any atom is 0.494 e. The zero-order chi connectivity index (χ0) is 41.3. The second kappa shape index (κ2) is 14.6. The van der Waals surface area contributed by atoms with E-state index in [0.29, 0.717) is 25.7 Å². The van der Waals surface area contributed by atoms with Crippen molar-refractivity contribution in [3.05, 3.63) is 47.5 Å². The van der Waals surface area contributed by atoms with E-state index in [-0.39, 0.29) is 34.9 Å². The summed E-state index contributed by atoms with van der Waals surface area (Å²) in [6, 6.07) is 7.05. The van der Waals surface area contributed by atoms with Crippen LogP contribution in [0.3, 0.4) is 0 Å². The fourth-order valence-corrected chi connectivity index (χ4v) is 7.89. The Kier molecular flexibility index (Phi) is 11.7. The molecule has 2 aromatic rings. The number of benzene rings is 2. The van der Waals surface area contributed by atoms with Crippen LogP contribution < -0.4 is 10.9 Å². The molecule has 306 valence electrons. The summed E-state index contributed by atoms with van der Waals surface area (Å²) < 4.78 is 162. The van der Waals surface area contributed by atoms with E-state index < -0.39 is 103 Å². The third-order valence-corrected chi connectivity index (χ3v) is 12.8. The van der Waals surface area contributed by atoms with Gasteiger partial charge in [0.2, 0.25) is 0 Å². The van der Waals surface area contributed by atoms with E-state index in [2.05, 4.69) is 0 Å². The van der Waals surface area contributed by atoms with E-state index in [1.54, 1.807) is 69.2 Å². The van der Waals surface area contributed by atoms with Gasteiger partial charge in [-0.3, -0.25) is 0 Å². The first-order valence-electron chi connectivity index (χ1n) is 19.7. The highest BCUT2D eigenvalue weighted by molar-refractivity contribution is 6.62. The average Bonchev–Trinajstić information content (AvgIpc) is 3.59. The number of hydrogen-bond donors (Lipinski definition) is 0. The second-order valence-corrected chi connectivity index (χ2v) is 17.7. The summed E-state index contributed by atoms with van der Waals surface area (Å²) in [5.41, 5.74) is -11.2. The van der Waals surface area contributed by atoms with E-state index in [1.807, 2.05) is 0 Å². The van der Waals surface area contributed by atoms with Gasteiger partial charge in [0.25, 0.3) is 0 Å². The van der Waals surface area contributed by atoms with Crippen molar-refractivity contribution in [1.82, 2.24) is 0 Å². The Balaban J connectivity index is 1.83. The molecule has 0 aromatic heterocycles. The minimum Gasteiger partial charge on any atom is -0.399 e. The van der Waals surface area contributed by atoms with Crippen molar-refractivity contribution >= 4 is 25.2 Å². The summed E-state index contributed by atoms with van der Waals surface area (Å²) in [5, 5.41) is 0. The van der Waals surface area contributed by atoms with Gasteiger partial charge in [0, 0.05) is 12.8 Å². The molecule has 2 heterocycles. The lowest BCUT2D eigenvalue weighted by molar-refractivity contribution is -0.324. The van der Waals surface area contributed by atoms with Crippen LogP contribution in [-0.2, 0) is 24.0 Å². The lowest BCUT2D eigenvalue weighted by Gasteiger charge is -2.49. The summed E-state index contributed by atoms with van der Waals surface area (Å²) >= 11 is 0. The summed E-state index contributed by atoms with van der Waals surface area (Å²) in [5.74, 6) is -21.8. The molecule has 0 amide bonds. The van der Waals surface area contributed by atoms with Gasteiger partial charge in [-0.1, -0.05) is 88.8 Å². The van der Waals surface area contributed by atoms with Crippen molar-refractivity contribution in [2.24, 2.45) is 0 Å². The standard InChI is InChI=1S/C41H56B2F8O4/c1-11-13-15-17-23-37(44,45)40(48,49)39(41(50,51)38(46,47)24-18-16-14-12-2)31-25-27(42-52-33(3,4)34(5,6)53-42)19-21-29(31)30-22-20-28(26-32(30)39)43-54-35(7,8)36(9,10)55-43/h19-22,25-26H,11-18,23-24H2,1-10H3. The summed E-state index contributed by atoms with van der Waals surface area (Å²) in [6.45, 7) is 17.4. The fourth-order valence-electron chi connectivity index (χ4n) is 7.89. The number of hydrogen-bond acceptors (Lipinski definition) is 4. The number of unbranched alkanes of at least 4 members (excludes halogenated alkanes) is 6. The first kappa shape index (κ1) is 44.0. The predicted molar refractivity (Wildman–Crippen MR) is 201 cm³/mol. The number of rotatable bonds is 16. The van der Waals surface area contributed by atoms with Crippen molar-refractivity contribution in [3.63, 3.8) is 0 Å². The Morgan fingerprint density at radius 2 is 0.782 bits per heavy atom. The lowest BCUT2D eigenvalue weighted by Crippen LogP contribution is -2.69. The Bertz CT molecular complexity index is 1560. The first-order chi connectivity index (χ1) is 25.2. The highest BCUT2D eigenvalue weighted by Gasteiger charge is 2.85. The van der Waals surface area contributed by atoms with Crippen molar-refractivity contribution < 1.29 is 53.7 Å². The Morgan fingerprint density at radius 1 is 0.473 bits per heavy atom. The van der Waals surface area contributed by atoms with E-state index in [1.165, 1.54) is 24.3 Å². The Morgan fingerprint density at radius 3 is 1.07 bits per heavy atom. The maximum absolute atomic E-state index is 17.7. The minimum absolute atomic E-state index is 0.0510. The van der Waals surface area contributed by atoms with Crippen LogP contribution in [0.2, 0.25) is 0 Å². The average molecular weight is 787 g/mol. The lowest BCUT2D eigenvalue weighted by atomic mass is 9.61. The number of halogens is 8. The van der Waals surface area contributed by atoms with Crippen molar-refractivity contribution in [2.75, 3.05) is 0 Å². The highest BCUT2D eigenvalue weighted by Crippen LogP contribution is 2.69. The molecule has 0 bridgehead atoms. The number of fused-ring (bicyclic) bond motifs is 3. The normalized spacial score (nSPS) is 21.3. The quantitative estimate of drug-likeness (QED) is 0.0965. The summed E-state index contributed by atoms with van der Waals surface area (Å²) in [6.07, 6.45) is -1.48. The van der Waals surface area contributed by atoms with Crippen LogP contribution in [0.4, 0.5) is 35.1 Å². The summed E-state index contributed by atoms with van der Waals surface area (Å²) in [4.78, 5) is 0. The van der Waals surface area contributed by atoms with Crippen LogP contribution in [0.25, 0.3) is 11.1 Å². The molecule has 0 spiro atoms. The molecule has 4 nitrogen and oxygen atoms in total. The SMILES string of the molecule is CCCCCCC(F)(F)C(F)(F)C1(C(F)(F)C(F)(F)CCCCCC)c2cc(B3OC(C)(C)C(C)(C)O3)ccc2-c2ccc(B3OC(C)(C)C(C)(C)O3)cc21. The predicted octanol–water partition coefficient (Wildman–Crippen LogP) is 11.0. The van der Waals surface area contributed by atoms with Gasteiger partial charge < -0.3 is 18.6 Å². The molecule has 2 saturated heterocycles. The molecule has 2 aromatic carbocycles. The van der Waals surface area contributed by atoms with Crippen LogP contribution >= 0.6 is 0 Å². The van der Waals surface area contributed by atoms with Crippen molar-refractivity contribution in [1.29, 1.82) is 0 Å². The molecule has 0 atom stereocenters. The molecule has 55 heavy (non-hydrogen) atoms. The zero-order valence-electron chi connectivity index (χ0n) is 33.8. The van der Waals surface area contributed by atoms with E-state index in [9.17, 15) is 0 Å². The molecule has 0 saturated carbocycles. The molecule has 0 N–H and O–H groups in total. The smallest absolute Gasteiger partial charge is 0.399 e.